The van der Waals surface area contributed by atoms with Gasteiger partial charge in [-0.2, -0.15) is 0 Å². The zero-order valence-corrected chi connectivity index (χ0v) is 12.3. The van der Waals surface area contributed by atoms with Crippen molar-refractivity contribution < 1.29 is 4.79 Å². The largest absolute Gasteiger partial charge is 0.352 e. The topological polar surface area (TPSA) is 29.1 Å². The monoisotopic (exact) mass is 317 g/mol. The van der Waals surface area contributed by atoms with Gasteiger partial charge in [0.1, 0.15) is 0 Å². The Morgan fingerprint density at radius 2 is 2.12 bits per heavy atom. The Morgan fingerprint density at radius 3 is 2.82 bits per heavy atom. The van der Waals surface area contributed by atoms with E-state index in [0.29, 0.717) is 18.0 Å². The van der Waals surface area contributed by atoms with Crippen LogP contribution < -0.4 is 5.32 Å². The molecule has 2 nitrogen and oxygen atoms in total. The average Bonchev–Trinajstić information content (AvgIpc) is 2.32. The van der Waals surface area contributed by atoms with Crippen molar-refractivity contribution in [3.63, 3.8) is 0 Å². The molecule has 0 unspecified atom stereocenters. The highest BCUT2D eigenvalue weighted by molar-refractivity contribution is 9.10. The van der Waals surface area contributed by atoms with E-state index in [9.17, 15) is 4.79 Å². The van der Waals surface area contributed by atoms with Crippen LogP contribution in [-0.2, 0) is 0 Å². The van der Waals surface area contributed by atoms with Gasteiger partial charge in [0.05, 0.1) is 5.56 Å². The van der Waals surface area contributed by atoms with Crippen LogP contribution in [-0.4, -0.2) is 18.3 Å². The summed E-state index contributed by atoms with van der Waals surface area (Å²) in [6.45, 7) is 2.68. The second-order valence-electron chi connectivity index (χ2n) is 3.94. The minimum absolute atomic E-state index is 0.0218. The Hall–Kier alpha value is -0.540. The molecule has 0 aliphatic carbocycles. The van der Waals surface area contributed by atoms with Crippen LogP contribution in [0.1, 0.15) is 35.2 Å². The van der Waals surface area contributed by atoms with Crippen molar-refractivity contribution in [2.75, 3.05) is 12.4 Å². The van der Waals surface area contributed by atoms with Crippen LogP contribution in [0.15, 0.2) is 22.7 Å². The minimum Gasteiger partial charge on any atom is -0.352 e. The molecular weight excluding hydrogens is 302 g/mol. The fraction of sp³-hybridized carbons (Fsp3) is 0.462. The molecule has 17 heavy (non-hydrogen) atoms. The van der Waals surface area contributed by atoms with Gasteiger partial charge in [-0.05, 0) is 47.3 Å². The molecule has 0 radical (unpaired) electrons. The van der Waals surface area contributed by atoms with Crippen molar-refractivity contribution in [3.8, 4) is 0 Å². The zero-order valence-electron chi connectivity index (χ0n) is 9.93. The Kier molecular flexibility index (Phi) is 6.60. The van der Waals surface area contributed by atoms with E-state index in [4.69, 9.17) is 11.6 Å². The molecule has 1 aromatic rings. The standard InChI is InChI=1S/C13H17BrClNO/c1-10-6-5-7-11(12(10)14)13(17)16-9-4-2-3-8-15/h5-7H,2-4,8-9H2,1H3,(H,16,17). The first-order chi connectivity index (χ1) is 8.16. The molecule has 1 N–H and O–H groups in total. The number of carbonyl (C=O) groups is 1. The third-order valence-electron chi connectivity index (χ3n) is 2.53. The van der Waals surface area contributed by atoms with Crippen LogP contribution in [0.4, 0.5) is 0 Å². The van der Waals surface area contributed by atoms with Crippen molar-refractivity contribution >= 4 is 33.4 Å². The van der Waals surface area contributed by atoms with Gasteiger partial charge in [-0.1, -0.05) is 18.6 Å². The number of unbranched alkanes of at least 4 members (excludes halogenated alkanes) is 2. The highest BCUT2D eigenvalue weighted by Crippen LogP contribution is 2.20. The van der Waals surface area contributed by atoms with E-state index in [-0.39, 0.29) is 5.91 Å². The molecular formula is C13H17BrClNO. The number of alkyl halides is 1. The summed E-state index contributed by atoms with van der Waals surface area (Å²) in [7, 11) is 0. The van der Waals surface area contributed by atoms with Crippen molar-refractivity contribution in [1.29, 1.82) is 0 Å². The number of nitrogens with one attached hydrogen (secondary N) is 1. The van der Waals surface area contributed by atoms with E-state index in [2.05, 4.69) is 21.2 Å². The van der Waals surface area contributed by atoms with Crippen molar-refractivity contribution in [2.24, 2.45) is 0 Å². The minimum atomic E-state index is -0.0218. The molecule has 0 saturated heterocycles. The summed E-state index contributed by atoms with van der Waals surface area (Å²) in [6, 6.07) is 5.69. The molecule has 0 heterocycles. The highest BCUT2D eigenvalue weighted by Gasteiger charge is 2.10. The van der Waals surface area contributed by atoms with E-state index in [1.54, 1.807) is 0 Å². The fourth-order valence-electron chi connectivity index (χ4n) is 1.52. The van der Waals surface area contributed by atoms with Crippen molar-refractivity contribution in [1.82, 2.24) is 5.32 Å². The summed E-state index contributed by atoms with van der Waals surface area (Å²) in [5.41, 5.74) is 1.77. The van der Waals surface area contributed by atoms with Crippen LogP contribution >= 0.6 is 27.5 Å². The molecule has 0 aliphatic heterocycles. The maximum Gasteiger partial charge on any atom is 0.252 e. The lowest BCUT2D eigenvalue weighted by atomic mass is 10.1. The van der Waals surface area contributed by atoms with E-state index in [0.717, 1.165) is 29.3 Å². The lowest BCUT2D eigenvalue weighted by Gasteiger charge is -2.08. The lowest BCUT2D eigenvalue weighted by Crippen LogP contribution is -2.24. The third-order valence-corrected chi connectivity index (χ3v) is 3.85. The molecule has 1 amide bonds. The molecule has 0 aliphatic rings. The number of halogens is 2. The molecule has 0 saturated carbocycles. The summed E-state index contributed by atoms with van der Waals surface area (Å²) in [4.78, 5) is 11.9. The van der Waals surface area contributed by atoms with E-state index >= 15 is 0 Å². The van der Waals surface area contributed by atoms with Crippen LogP contribution in [0.25, 0.3) is 0 Å². The van der Waals surface area contributed by atoms with Crippen molar-refractivity contribution in [2.45, 2.75) is 26.2 Å². The molecule has 0 fully saturated rings. The summed E-state index contributed by atoms with van der Waals surface area (Å²) >= 11 is 9.02. The Bertz CT molecular complexity index is 382. The Labute approximate surface area is 116 Å². The fourth-order valence-corrected chi connectivity index (χ4v) is 2.15. The smallest absolute Gasteiger partial charge is 0.252 e. The van der Waals surface area contributed by atoms with Gasteiger partial charge < -0.3 is 5.32 Å². The van der Waals surface area contributed by atoms with Crippen LogP contribution in [0.3, 0.4) is 0 Å². The molecule has 0 spiro atoms. The van der Waals surface area contributed by atoms with Gasteiger partial charge >= 0.3 is 0 Å². The molecule has 94 valence electrons. The summed E-state index contributed by atoms with van der Waals surface area (Å²) in [5, 5.41) is 2.91. The van der Waals surface area contributed by atoms with Gasteiger partial charge in [0.2, 0.25) is 0 Å². The number of hydrogen-bond donors (Lipinski definition) is 1. The summed E-state index contributed by atoms with van der Waals surface area (Å²) < 4.78 is 0.873. The first kappa shape index (κ1) is 14.5. The average molecular weight is 319 g/mol. The third kappa shape index (κ3) is 4.68. The number of carbonyl (C=O) groups excluding carboxylic acids is 1. The number of aryl methyl sites for hydroxylation is 1. The molecule has 0 aromatic heterocycles. The second kappa shape index (κ2) is 7.72. The van der Waals surface area contributed by atoms with Gasteiger partial charge in [-0.3, -0.25) is 4.79 Å². The Balaban J connectivity index is 2.44. The predicted molar refractivity (Wildman–Crippen MR) is 75.8 cm³/mol. The van der Waals surface area contributed by atoms with Crippen LogP contribution in [0, 0.1) is 6.92 Å². The predicted octanol–water partition coefficient (Wildman–Crippen LogP) is 3.90. The molecule has 1 rings (SSSR count). The zero-order chi connectivity index (χ0) is 12.7. The van der Waals surface area contributed by atoms with E-state index < -0.39 is 0 Å². The number of amides is 1. The summed E-state index contributed by atoms with van der Waals surface area (Å²) in [5.74, 6) is 0.670. The van der Waals surface area contributed by atoms with Gasteiger partial charge in [0.15, 0.2) is 0 Å². The normalized spacial score (nSPS) is 10.3. The second-order valence-corrected chi connectivity index (χ2v) is 5.11. The number of rotatable bonds is 6. The summed E-state index contributed by atoms with van der Waals surface area (Å²) in [6.07, 6.45) is 3.03. The van der Waals surface area contributed by atoms with Crippen LogP contribution in [0.2, 0.25) is 0 Å². The Morgan fingerprint density at radius 1 is 1.35 bits per heavy atom. The van der Waals surface area contributed by atoms with Gasteiger partial charge in [-0.15, -0.1) is 11.6 Å². The van der Waals surface area contributed by atoms with Gasteiger partial charge in [0.25, 0.3) is 5.91 Å². The molecule has 0 bridgehead atoms. The SMILES string of the molecule is Cc1cccc(C(=O)NCCCCCCl)c1Br. The molecule has 0 atom stereocenters. The number of hydrogen-bond acceptors (Lipinski definition) is 1. The first-order valence-electron chi connectivity index (χ1n) is 5.76. The van der Waals surface area contributed by atoms with Gasteiger partial charge in [-0.25, -0.2) is 0 Å². The van der Waals surface area contributed by atoms with Crippen molar-refractivity contribution in [3.05, 3.63) is 33.8 Å². The van der Waals surface area contributed by atoms with E-state index in [1.165, 1.54) is 0 Å². The first-order valence-corrected chi connectivity index (χ1v) is 7.09. The number of benzene rings is 1. The highest BCUT2D eigenvalue weighted by atomic mass is 79.9. The van der Waals surface area contributed by atoms with Crippen LogP contribution in [0.5, 0.6) is 0 Å². The quantitative estimate of drug-likeness (QED) is 0.625. The van der Waals surface area contributed by atoms with E-state index in [1.807, 2.05) is 25.1 Å². The van der Waals surface area contributed by atoms with Gasteiger partial charge in [0, 0.05) is 16.9 Å². The lowest BCUT2D eigenvalue weighted by molar-refractivity contribution is 0.0952. The molecule has 4 heteroatoms. The maximum atomic E-state index is 11.9. The maximum absolute atomic E-state index is 11.9. The molecule has 1 aromatic carbocycles.